The van der Waals surface area contributed by atoms with Crippen LogP contribution < -0.4 is 16.0 Å². The van der Waals surface area contributed by atoms with E-state index in [0.29, 0.717) is 17.9 Å². The molecule has 7 nitrogen and oxygen atoms in total. The van der Waals surface area contributed by atoms with Crippen LogP contribution in [-0.2, 0) is 20.1 Å². The number of benzene rings is 1. The van der Waals surface area contributed by atoms with Crippen LogP contribution in [0.25, 0.3) is 22.6 Å². The van der Waals surface area contributed by atoms with Gasteiger partial charge in [-0.1, -0.05) is 5.92 Å². The van der Waals surface area contributed by atoms with Gasteiger partial charge in [0.25, 0.3) is 5.56 Å². The minimum Gasteiger partial charge on any atom is -0.494 e. The number of fused-ring (bicyclic) bond motifs is 1. The molecule has 0 spiro atoms. The summed E-state index contributed by atoms with van der Waals surface area (Å²) in [7, 11) is 3.01. The Morgan fingerprint density at radius 2 is 2.04 bits per heavy atom. The lowest BCUT2D eigenvalue weighted by Crippen LogP contribution is -2.40. The van der Waals surface area contributed by atoms with Crippen LogP contribution in [0.15, 0.2) is 27.8 Å². The first kappa shape index (κ1) is 17.5. The summed E-state index contributed by atoms with van der Waals surface area (Å²) in [6.45, 7) is 1.95. The number of hydrogen-bond donors (Lipinski definition) is 0. The average molecular weight is 356 g/mol. The van der Waals surface area contributed by atoms with Crippen LogP contribution in [0, 0.1) is 18.2 Å². The number of aromatic nitrogens is 4. The van der Waals surface area contributed by atoms with Crippen LogP contribution in [0.4, 0.5) is 4.39 Å². The second-order valence-corrected chi connectivity index (χ2v) is 5.64. The van der Waals surface area contributed by atoms with Crippen molar-refractivity contribution in [3.05, 3.63) is 44.9 Å². The number of hydrogen-bond acceptors (Lipinski definition) is 4. The first-order valence-corrected chi connectivity index (χ1v) is 7.92. The standard InChI is InChI=1S/C18H17FN4O3/c1-5-9-23-17(24)14-16(22(6-2)18(23)25)20-15(21(14)3)11-7-8-13(26-4)12(19)10-11/h1,7-8,10H,6,9H2,2-4H3. The Hall–Kier alpha value is -3.34. The van der Waals surface area contributed by atoms with E-state index in [4.69, 9.17) is 11.2 Å². The second kappa shape index (κ2) is 6.52. The number of aryl methyl sites for hydroxylation is 2. The van der Waals surface area contributed by atoms with Crippen molar-refractivity contribution in [1.29, 1.82) is 0 Å². The molecule has 0 aliphatic rings. The second-order valence-electron chi connectivity index (χ2n) is 5.64. The van der Waals surface area contributed by atoms with E-state index in [-0.39, 0.29) is 23.5 Å². The third-order valence-corrected chi connectivity index (χ3v) is 4.22. The highest BCUT2D eigenvalue weighted by Gasteiger charge is 2.20. The molecular weight excluding hydrogens is 339 g/mol. The highest BCUT2D eigenvalue weighted by molar-refractivity contribution is 5.77. The largest absolute Gasteiger partial charge is 0.494 e. The molecular formula is C18H17FN4O3. The Balaban J connectivity index is 2.38. The van der Waals surface area contributed by atoms with Crippen molar-refractivity contribution in [1.82, 2.24) is 18.7 Å². The topological polar surface area (TPSA) is 71.1 Å². The lowest BCUT2D eigenvalue weighted by atomic mass is 10.2. The Morgan fingerprint density at radius 1 is 1.31 bits per heavy atom. The Kier molecular flexibility index (Phi) is 4.38. The van der Waals surface area contributed by atoms with Crippen molar-refractivity contribution in [3.8, 4) is 29.5 Å². The fraction of sp³-hybridized carbons (Fsp3) is 0.278. The van der Waals surface area contributed by atoms with Gasteiger partial charge >= 0.3 is 5.69 Å². The molecule has 3 rings (SSSR count). The molecule has 2 aromatic heterocycles. The number of terminal acetylenes is 1. The fourth-order valence-electron chi connectivity index (χ4n) is 2.94. The van der Waals surface area contributed by atoms with Gasteiger partial charge in [0.05, 0.1) is 13.7 Å². The summed E-state index contributed by atoms with van der Waals surface area (Å²) in [5.74, 6) is 2.24. The van der Waals surface area contributed by atoms with Crippen LogP contribution in [-0.4, -0.2) is 25.8 Å². The predicted octanol–water partition coefficient (Wildman–Crippen LogP) is 1.36. The van der Waals surface area contributed by atoms with Gasteiger partial charge in [0.15, 0.2) is 22.7 Å². The number of methoxy groups -OCH3 is 1. The summed E-state index contributed by atoms with van der Waals surface area (Å²) in [6, 6.07) is 4.39. The van der Waals surface area contributed by atoms with Crippen molar-refractivity contribution in [2.45, 2.75) is 20.0 Å². The van der Waals surface area contributed by atoms with Gasteiger partial charge < -0.3 is 9.30 Å². The molecule has 0 unspecified atom stereocenters. The van der Waals surface area contributed by atoms with Gasteiger partial charge in [-0.15, -0.1) is 6.42 Å². The summed E-state index contributed by atoms with van der Waals surface area (Å²) in [6.07, 6.45) is 5.28. The zero-order valence-electron chi connectivity index (χ0n) is 14.6. The summed E-state index contributed by atoms with van der Waals surface area (Å²) in [5, 5.41) is 0. The van der Waals surface area contributed by atoms with E-state index in [0.717, 1.165) is 4.57 Å². The number of rotatable bonds is 4. The van der Waals surface area contributed by atoms with E-state index in [9.17, 15) is 14.0 Å². The van der Waals surface area contributed by atoms with Crippen molar-refractivity contribution in [2.75, 3.05) is 7.11 Å². The Bertz CT molecular complexity index is 1160. The van der Waals surface area contributed by atoms with Gasteiger partial charge in [-0.2, -0.15) is 0 Å². The molecule has 2 heterocycles. The molecule has 8 heteroatoms. The highest BCUT2D eigenvalue weighted by Crippen LogP contribution is 2.26. The van der Waals surface area contributed by atoms with Crippen LogP contribution in [0.5, 0.6) is 5.75 Å². The van der Waals surface area contributed by atoms with Crippen molar-refractivity contribution < 1.29 is 9.13 Å². The van der Waals surface area contributed by atoms with Crippen LogP contribution in [0.3, 0.4) is 0 Å². The smallest absolute Gasteiger partial charge is 0.333 e. The van der Waals surface area contributed by atoms with Gasteiger partial charge in [0, 0.05) is 19.2 Å². The lowest BCUT2D eigenvalue weighted by molar-refractivity contribution is 0.386. The molecule has 0 fully saturated rings. The molecule has 0 N–H and O–H groups in total. The lowest BCUT2D eigenvalue weighted by Gasteiger charge is -2.08. The maximum absolute atomic E-state index is 14.1. The van der Waals surface area contributed by atoms with Crippen LogP contribution in [0.1, 0.15) is 6.92 Å². The third-order valence-electron chi connectivity index (χ3n) is 4.22. The summed E-state index contributed by atoms with van der Waals surface area (Å²) in [4.78, 5) is 29.7. The van der Waals surface area contributed by atoms with Gasteiger partial charge in [-0.25, -0.2) is 18.7 Å². The SMILES string of the molecule is C#CCn1c(=O)c2c(nc(-c3ccc(OC)c(F)c3)n2C)n(CC)c1=O. The molecule has 0 radical (unpaired) electrons. The molecule has 0 bridgehead atoms. The Morgan fingerprint density at radius 3 is 2.62 bits per heavy atom. The normalized spacial score (nSPS) is 10.9. The quantitative estimate of drug-likeness (QED) is 0.662. The molecule has 0 aliphatic carbocycles. The maximum Gasteiger partial charge on any atom is 0.333 e. The molecule has 1 aromatic carbocycles. The zero-order chi connectivity index (χ0) is 19.0. The molecule has 134 valence electrons. The van der Waals surface area contributed by atoms with Crippen LogP contribution in [0.2, 0.25) is 0 Å². The summed E-state index contributed by atoms with van der Waals surface area (Å²) in [5.41, 5.74) is -0.117. The fourth-order valence-corrected chi connectivity index (χ4v) is 2.94. The average Bonchev–Trinajstić information content (AvgIpc) is 2.96. The number of halogens is 1. The molecule has 26 heavy (non-hydrogen) atoms. The van der Waals surface area contributed by atoms with E-state index in [1.807, 2.05) is 0 Å². The van der Waals surface area contributed by atoms with Crippen molar-refractivity contribution >= 4 is 11.2 Å². The number of nitrogens with zero attached hydrogens (tertiary/aromatic N) is 4. The first-order chi connectivity index (χ1) is 12.4. The first-order valence-electron chi connectivity index (χ1n) is 7.92. The van der Waals surface area contributed by atoms with Crippen molar-refractivity contribution in [2.24, 2.45) is 7.05 Å². The third kappa shape index (κ3) is 2.49. The minimum atomic E-state index is -0.547. The molecule has 0 aliphatic heterocycles. The summed E-state index contributed by atoms with van der Waals surface area (Å²) >= 11 is 0. The van der Waals surface area contributed by atoms with Crippen LogP contribution >= 0.6 is 0 Å². The number of imidazole rings is 1. The van der Waals surface area contributed by atoms with Gasteiger partial charge in [-0.05, 0) is 25.1 Å². The van der Waals surface area contributed by atoms with E-state index < -0.39 is 17.1 Å². The van der Waals surface area contributed by atoms with Gasteiger partial charge in [0.1, 0.15) is 5.82 Å². The van der Waals surface area contributed by atoms with Gasteiger partial charge in [-0.3, -0.25) is 9.36 Å². The van der Waals surface area contributed by atoms with E-state index in [2.05, 4.69) is 10.9 Å². The highest BCUT2D eigenvalue weighted by atomic mass is 19.1. The molecule has 0 atom stereocenters. The van der Waals surface area contributed by atoms with E-state index in [1.54, 1.807) is 20.0 Å². The monoisotopic (exact) mass is 356 g/mol. The minimum absolute atomic E-state index is 0.106. The zero-order valence-corrected chi connectivity index (χ0v) is 14.6. The number of ether oxygens (including phenoxy) is 1. The Labute approximate surface area is 148 Å². The van der Waals surface area contributed by atoms with Crippen molar-refractivity contribution in [3.63, 3.8) is 0 Å². The molecule has 0 amide bonds. The van der Waals surface area contributed by atoms with E-state index >= 15 is 0 Å². The predicted molar refractivity (Wildman–Crippen MR) is 95.7 cm³/mol. The maximum atomic E-state index is 14.1. The summed E-state index contributed by atoms with van der Waals surface area (Å²) < 4.78 is 22.9. The van der Waals surface area contributed by atoms with Gasteiger partial charge in [0.2, 0.25) is 0 Å². The molecule has 0 saturated carbocycles. The molecule has 3 aromatic rings. The molecule has 0 saturated heterocycles. The van der Waals surface area contributed by atoms with E-state index in [1.165, 1.54) is 28.4 Å².